The predicted molar refractivity (Wildman–Crippen MR) is 88.8 cm³/mol. The van der Waals surface area contributed by atoms with Crippen molar-refractivity contribution in [2.24, 2.45) is 5.73 Å². The minimum absolute atomic E-state index is 0.198. The van der Waals surface area contributed by atoms with Crippen LogP contribution in [-0.4, -0.2) is 0 Å². The van der Waals surface area contributed by atoms with Crippen molar-refractivity contribution >= 4 is 5.69 Å². The molecule has 2 heteroatoms. The number of hydrogen-bond donors (Lipinski definition) is 2. The maximum atomic E-state index is 6.33. The molecule has 0 fully saturated rings. The number of hydrogen-bond acceptors (Lipinski definition) is 2. The van der Waals surface area contributed by atoms with Crippen LogP contribution in [0.3, 0.4) is 0 Å². The zero-order valence-electron chi connectivity index (χ0n) is 11.7. The number of benzene rings is 3. The lowest BCUT2D eigenvalue weighted by atomic mass is 9.95. The third-order valence-electron chi connectivity index (χ3n) is 3.69. The molecule has 0 aliphatic carbocycles. The van der Waals surface area contributed by atoms with Crippen molar-refractivity contribution in [3.05, 3.63) is 90.0 Å². The van der Waals surface area contributed by atoms with Crippen molar-refractivity contribution in [3.8, 4) is 11.1 Å². The summed E-state index contributed by atoms with van der Waals surface area (Å²) in [5, 5.41) is 0. The minimum Gasteiger partial charge on any atom is -0.398 e. The molecule has 0 amide bonds. The van der Waals surface area contributed by atoms with Crippen molar-refractivity contribution in [1.82, 2.24) is 0 Å². The fourth-order valence-electron chi connectivity index (χ4n) is 2.51. The van der Waals surface area contributed by atoms with E-state index in [1.165, 1.54) is 0 Å². The maximum absolute atomic E-state index is 6.33. The zero-order chi connectivity index (χ0) is 14.7. The largest absolute Gasteiger partial charge is 0.398 e. The number of nitrogen functional groups attached to an aromatic ring is 1. The van der Waals surface area contributed by atoms with Crippen molar-refractivity contribution in [3.63, 3.8) is 0 Å². The van der Waals surface area contributed by atoms with Crippen molar-refractivity contribution < 1.29 is 0 Å². The number of rotatable bonds is 3. The Hall–Kier alpha value is -2.58. The lowest BCUT2D eigenvalue weighted by Crippen LogP contribution is -2.13. The molecule has 3 aromatic rings. The van der Waals surface area contributed by atoms with Crippen LogP contribution >= 0.6 is 0 Å². The van der Waals surface area contributed by atoms with Gasteiger partial charge in [-0.05, 0) is 28.3 Å². The topological polar surface area (TPSA) is 52.0 Å². The molecule has 3 aromatic carbocycles. The molecule has 3 rings (SSSR count). The van der Waals surface area contributed by atoms with Gasteiger partial charge in [0, 0.05) is 5.69 Å². The lowest BCUT2D eigenvalue weighted by Gasteiger charge is -2.16. The van der Waals surface area contributed by atoms with Crippen LogP contribution in [0.4, 0.5) is 5.69 Å². The summed E-state index contributed by atoms with van der Waals surface area (Å²) in [4.78, 5) is 0. The molecule has 0 bridgehead atoms. The molecular weight excluding hydrogens is 256 g/mol. The molecule has 0 aromatic heterocycles. The first-order chi connectivity index (χ1) is 10.3. The van der Waals surface area contributed by atoms with Crippen LogP contribution in [0.15, 0.2) is 78.9 Å². The summed E-state index contributed by atoms with van der Waals surface area (Å²) in [6, 6.07) is 26.1. The summed E-state index contributed by atoms with van der Waals surface area (Å²) in [5.41, 5.74) is 17.6. The van der Waals surface area contributed by atoms with Gasteiger partial charge in [-0.25, -0.2) is 0 Å². The highest BCUT2D eigenvalue weighted by Crippen LogP contribution is 2.29. The lowest BCUT2D eigenvalue weighted by molar-refractivity contribution is 0.875. The van der Waals surface area contributed by atoms with Gasteiger partial charge in [0.15, 0.2) is 0 Å². The molecule has 104 valence electrons. The van der Waals surface area contributed by atoms with Crippen LogP contribution in [0, 0.1) is 0 Å². The molecule has 0 saturated carbocycles. The highest BCUT2D eigenvalue weighted by atomic mass is 14.7. The molecule has 0 aliphatic rings. The first-order valence-corrected chi connectivity index (χ1v) is 7.01. The first kappa shape index (κ1) is 13.4. The summed E-state index contributed by atoms with van der Waals surface area (Å²) in [6.45, 7) is 0. The van der Waals surface area contributed by atoms with Gasteiger partial charge in [0.1, 0.15) is 0 Å². The van der Waals surface area contributed by atoms with E-state index in [2.05, 4.69) is 18.2 Å². The quantitative estimate of drug-likeness (QED) is 0.710. The number of nitrogens with two attached hydrogens (primary N) is 2. The van der Waals surface area contributed by atoms with E-state index in [-0.39, 0.29) is 6.04 Å². The molecule has 1 unspecified atom stereocenters. The fourth-order valence-corrected chi connectivity index (χ4v) is 2.51. The smallest absolute Gasteiger partial charge is 0.0572 e. The molecule has 0 aliphatic heterocycles. The van der Waals surface area contributed by atoms with Crippen LogP contribution in [0.5, 0.6) is 0 Å². The average Bonchev–Trinajstić information content (AvgIpc) is 2.56. The monoisotopic (exact) mass is 274 g/mol. The average molecular weight is 274 g/mol. The maximum Gasteiger partial charge on any atom is 0.0572 e. The van der Waals surface area contributed by atoms with Gasteiger partial charge in [0.05, 0.1) is 6.04 Å². The third-order valence-corrected chi connectivity index (χ3v) is 3.69. The van der Waals surface area contributed by atoms with Crippen LogP contribution < -0.4 is 11.5 Å². The Morgan fingerprint density at radius 3 is 1.90 bits per heavy atom. The van der Waals surface area contributed by atoms with Gasteiger partial charge in [0.25, 0.3) is 0 Å². The summed E-state index contributed by atoms with van der Waals surface area (Å²) in [7, 11) is 0. The van der Waals surface area contributed by atoms with Crippen molar-refractivity contribution in [2.75, 3.05) is 5.73 Å². The predicted octanol–water partition coefficient (Wildman–Crippen LogP) is 3.98. The second kappa shape index (κ2) is 5.81. The Labute approximate surface area is 125 Å². The van der Waals surface area contributed by atoms with Crippen LogP contribution in [-0.2, 0) is 0 Å². The van der Waals surface area contributed by atoms with Gasteiger partial charge in [-0.2, -0.15) is 0 Å². The molecule has 4 N–H and O–H groups in total. The Morgan fingerprint density at radius 1 is 0.667 bits per heavy atom. The highest BCUT2D eigenvalue weighted by Gasteiger charge is 2.12. The van der Waals surface area contributed by atoms with Gasteiger partial charge >= 0.3 is 0 Å². The van der Waals surface area contributed by atoms with Crippen molar-refractivity contribution in [1.29, 1.82) is 0 Å². The standard InChI is InChI=1S/C19H18N2/c20-18-13-16(14-7-3-1-4-8-14)11-12-17(18)19(21)15-9-5-2-6-10-15/h1-13,19H,20-21H2. The second-order valence-electron chi connectivity index (χ2n) is 5.10. The zero-order valence-corrected chi connectivity index (χ0v) is 11.7. The summed E-state index contributed by atoms with van der Waals surface area (Å²) >= 11 is 0. The molecule has 0 heterocycles. The third kappa shape index (κ3) is 2.81. The van der Waals surface area contributed by atoms with E-state index in [1.54, 1.807) is 0 Å². The van der Waals surface area contributed by atoms with Gasteiger partial charge in [-0.3, -0.25) is 0 Å². The Bertz CT molecular complexity index is 721. The Morgan fingerprint density at radius 2 is 1.29 bits per heavy atom. The van der Waals surface area contributed by atoms with E-state index in [0.717, 1.165) is 27.9 Å². The van der Waals surface area contributed by atoms with Gasteiger partial charge in [-0.15, -0.1) is 0 Å². The van der Waals surface area contributed by atoms with Gasteiger partial charge < -0.3 is 11.5 Å². The molecule has 2 nitrogen and oxygen atoms in total. The molecule has 1 atom stereocenters. The second-order valence-corrected chi connectivity index (χ2v) is 5.10. The molecule has 0 radical (unpaired) electrons. The van der Waals surface area contributed by atoms with Crippen LogP contribution in [0.2, 0.25) is 0 Å². The highest BCUT2D eigenvalue weighted by molar-refractivity contribution is 5.69. The van der Waals surface area contributed by atoms with Gasteiger partial charge in [-0.1, -0.05) is 72.8 Å². The van der Waals surface area contributed by atoms with Crippen LogP contribution in [0.25, 0.3) is 11.1 Å². The van der Waals surface area contributed by atoms with E-state index in [1.807, 2.05) is 60.7 Å². The molecule has 0 spiro atoms. The Kier molecular flexibility index (Phi) is 3.71. The van der Waals surface area contributed by atoms with Crippen LogP contribution in [0.1, 0.15) is 17.2 Å². The first-order valence-electron chi connectivity index (χ1n) is 7.01. The van der Waals surface area contributed by atoms with E-state index >= 15 is 0 Å². The summed E-state index contributed by atoms with van der Waals surface area (Å²) in [6.07, 6.45) is 0. The SMILES string of the molecule is Nc1cc(-c2ccccc2)ccc1C(N)c1ccccc1. The van der Waals surface area contributed by atoms with E-state index in [9.17, 15) is 0 Å². The van der Waals surface area contributed by atoms with Crippen molar-refractivity contribution in [2.45, 2.75) is 6.04 Å². The molecular formula is C19H18N2. The van der Waals surface area contributed by atoms with E-state index in [4.69, 9.17) is 11.5 Å². The van der Waals surface area contributed by atoms with E-state index in [0.29, 0.717) is 0 Å². The molecule has 0 saturated heterocycles. The van der Waals surface area contributed by atoms with E-state index < -0.39 is 0 Å². The summed E-state index contributed by atoms with van der Waals surface area (Å²) in [5.74, 6) is 0. The minimum atomic E-state index is -0.198. The Balaban J connectivity index is 1.95. The van der Waals surface area contributed by atoms with Gasteiger partial charge in [0.2, 0.25) is 0 Å². The summed E-state index contributed by atoms with van der Waals surface area (Å²) < 4.78 is 0. The molecule has 21 heavy (non-hydrogen) atoms. The number of anilines is 1. The normalized spacial score (nSPS) is 12.0. The fraction of sp³-hybridized carbons (Fsp3) is 0.0526.